The molecule has 2 unspecified atom stereocenters. The van der Waals surface area contributed by atoms with Gasteiger partial charge in [0, 0.05) is 24.9 Å². The van der Waals surface area contributed by atoms with Crippen molar-refractivity contribution in [2.24, 2.45) is 5.92 Å². The molecule has 6 heteroatoms. The van der Waals surface area contributed by atoms with Crippen LogP contribution in [-0.2, 0) is 4.74 Å². The zero-order valence-electron chi connectivity index (χ0n) is 14.3. The van der Waals surface area contributed by atoms with Crippen LogP contribution in [0.1, 0.15) is 39.2 Å². The number of pyridine rings is 1. The smallest absolute Gasteiger partial charge is 0.410 e. The van der Waals surface area contributed by atoms with Gasteiger partial charge >= 0.3 is 6.09 Å². The maximum atomic E-state index is 12.3. The van der Waals surface area contributed by atoms with Crippen LogP contribution in [0.4, 0.5) is 4.79 Å². The lowest BCUT2D eigenvalue weighted by Gasteiger charge is -2.44. The summed E-state index contributed by atoms with van der Waals surface area (Å²) in [6, 6.07) is 4.21. The summed E-state index contributed by atoms with van der Waals surface area (Å²) in [7, 11) is 0. The molecule has 1 aromatic rings. The van der Waals surface area contributed by atoms with E-state index in [1.54, 1.807) is 6.20 Å². The fourth-order valence-electron chi connectivity index (χ4n) is 3.16. The number of hydrogen-bond donors (Lipinski definition) is 0. The normalized spacial score (nSPS) is 22.4. The van der Waals surface area contributed by atoms with Gasteiger partial charge in [-0.05, 0) is 50.8 Å². The van der Waals surface area contributed by atoms with E-state index in [9.17, 15) is 4.79 Å². The number of carbonyl (C=O) groups is 1. The van der Waals surface area contributed by atoms with Crippen molar-refractivity contribution in [2.45, 2.75) is 45.3 Å². The second-order valence-corrected chi connectivity index (χ2v) is 7.75. The van der Waals surface area contributed by atoms with Crippen LogP contribution in [0.25, 0.3) is 5.57 Å². The van der Waals surface area contributed by atoms with E-state index in [1.165, 1.54) is 11.1 Å². The molecule has 132 valence electrons. The number of ether oxygens (including phenoxy) is 1. The van der Waals surface area contributed by atoms with Gasteiger partial charge in [0.25, 0.3) is 0 Å². The van der Waals surface area contributed by atoms with E-state index < -0.39 is 5.60 Å². The Morgan fingerprint density at radius 1 is 1.38 bits per heavy atom. The average molecular weight is 371 g/mol. The number of carbonyl (C=O) groups excluding carboxylic acids is 1. The SMILES string of the molecule is CC(C)(C)OC(=O)N1CC2CCC1C=C2c1cccnc1.ClCCl. The molecule has 3 aliphatic rings. The van der Waals surface area contributed by atoms with Crippen LogP contribution < -0.4 is 0 Å². The van der Waals surface area contributed by atoms with Crippen molar-refractivity contribution in [1.29, 1.82) is 0 Å². The molecule has 4 nitrogen and oxygen atoms in total. The Kier molecular flexibility index (Phi) is 6.53. The number of hydrogen-bond acceptors (Lipinski definition) is 3. The summed E-state index contributed by atoms with van der Waals surface area (Å²) in [5, 5.41) is 0.194. The van der Waals surface area contributed by atoms with Gasteiger partial charge in [-0.3, -0.25) is 4.98 Å². The van der Waals surface area contributed by atoms with Crippen molar-refractivity contribution in [3.63, 3.8) is 0 Å². The molecule has 4 rings (SSSR count). The van der Waals surface area contributed by atoms with E-state index in [0.29, 0.717) is 5.92 Å². The van der Waals surface area contributed by atoms with Crippen molar-refractivity contribution in [1.82, 2.24) is 9.88 Å². The van der Waals surface area contributed by atoms with E-state index in [1.807, 2.05) is 37.9 Å². The minimum Gasteiger partial charge on any atom is -0.444 e. The fraction of sp³-hybridized carbons (Fsp3) is 0.556. The maximum absolute atomic E-state index is 12.3. The molecule has 0 N–H and O–H groups in total. The number of alkyl halides is 2. The summed E-state index contributed by atoms with van der Waals surface area (Å²) >= 11 is 9.53. The number of amides is 1. The molecule has 1 fully saturated rings. The predicted molar refractivity (Wildman–Crippen MR) is 98.2 cm³/mol. The van der Waals surface area contributed by atoms with Gasteiger partial charge in [0.2, 0.25) is 0 Å². The van der Waals surface area contributed by atoms with Crippen molar-refractivity contribution in [2.75, 3.05) is 11.9 Å². The number of rotatable bonds is 1. The largest absolute Gasteiger partial charge is 0.444 e. The molecule has 2 aliphatic heterocycles. The van der Waals surface area contributed by atoms with Gasteiger partial charge in [-0.15, -0.1) is 23.2 Å². The van der Waals surface area contributed by atoms with Crippen LogP contribution in [-0.4, -0.2) is 39.5 Å². The zero-order chi connectivity index (χ0) is 17.7. The summed E-state index contributed by atoms with van der Waals surface area (Å²) < 4.78 is 5.52. The Hall–Kier alpha value is -1.26. The predicted octanol–water partition coefficient (Wildman–Crippen LogP) is 4.92. The standard InChI is InChI=1S/C17H22N2O2.CH2Cl2/c1-17(2,3)21-16(20)19-11-13-6-7-14(19)9-15(13)12-5-4-8-18-10-12;2-1-3/h4-5,8-10,13-14H,6-7,11H2,1-3H3;1H2. The van der Waals surface area contributed by atoms with Crippen LogP contribution in [0, 0.1) is 5.92 Å². The van der Waals surface area contributed by atoms with Crippen LogP contribution in [0.5, 0.6) is 0 Å². The van der Waals surface area contributed by atoms with Crippen molar-refractivity contribution in [3.05, 3.63) is 36.2 Å². The van der Waals surface area contributed by atoms with Crippen LogP contribution in [0.3, 0.4) is 0 Å². The Balaban J connectivity index is 0.000000647. The first-order valence-corrected chi connectivity index (χ1v) is 9.16. The van der Waals surface area contributed by atoms with Gasteiger partial charge in [-0.25, -0.2) is 4.79 Å². The Bertz CT molecular complexity index is 584. The van der Waals surface area contributed by atoms with Crippen LogP contribution in [0.2, 0.25) is 0 Å². The second kappa shape index (κ2) is 8.21. The fourth-order valence-corrected chi connectivity index (χ4v) is 3.16. The molecule has 1 aliphatic carbocycles. The molecule has 0 aromatic carbocycles. The Labute approximate surface area is 153 Å². The molecule has 1 saturated heterocycles. The third-order valence-corrected chi connectivity index (χ3v) is 4.06. The van der Waals surface area contributed by atoms with Gasteiger partial charge in [0.1, 0.15) is 5.60 Å². The maximum Gasteiger partial charge on any atom is 0.410 e. The summed E-state index contributed by atoms with van der Waals surface area (Å²) in [6.45, 7) is 6.47. The van der Waals surface area contributed by atoms with E-state index in [0.717, 1.165) is 19.4 Å². The first-order chi connectivity index (χ1) is 11.4. The Morgan fingerprint density at radius 3 is 2.58 bits per heavy atom. The van der Waals surface area contributed by atoms with Crippen LogP contribution >= 0.6 is 23.2 Å². The average Bonchev–Trinajstić information content (AvgIpc) is 2.55. The summed E-state index contributed by atoms with van der Waals surface area (Å²) in [5.74, 6) is 0.395. The van der Waals surface area contributed by atoms with Crippen LogP contribution in [0.15, 0.2) is 30.6 Å². The minimum absolute atomic E-state index is 0.153. The summed E-state index contributed by atoms with van der Waals surface area (Å²) in [5.41, 5.74) is 2.07. The van der Waals surface area contributed by atoms with Crippen molar-refractivity contribution < 1.29 is 9.53 Å². The lowest BCUT2D eigenvalue weighted by molar-refractivity contribution is 0.00982. The molecule has 1 aromatic heterocycles. The molecule has 24 heavy (non-hydrogen) atoms. The molecule has 0 spiro atoms. The van der Waals surface area contributed by atoms with E-state index >= 15 is 0 Å². The lowest BCUT2D eigenvalue weighted by atomic mass is 9.77. The zero-order valence-corrected chi connectivity index (χ0v) is 15.8. The van der Waals surface area contributed by atoms with E-state index in [4.69, 9.17) is 27.9 Å². The molecule has 0 saturated carbocycles. The highest BCUT2D eigenvalue weighted by Crippen LogP contribution is 2.40. The minimum atomic E-state index is -0.441. The molecule has 2 atom stereocenters. The lowest BCUT2D eigenvalue weighted by Crippen LogP contribution is -2.51. The molecule has 0 radical (unpaired) electrons. The summed E-state index contributed by atoms with van der Waals surface area (Å²) in [4.78, 5) is 18.4. The van der Waals surface area contributed by atoms with Gasteiger partial charge in [-0.1, -0.05) is 12.1 Å². The van der Waals surface area contributed by atoms with Gasteiger partial charge in [0.05, 0.1) is 11.4 Å². The van der Waals surface area contributed by atoms with Gasteiger partial charge in [-0.2, -0.15) is 0 Å². The second-order valence-electron chi connectivity index (χ2n) is 6.94. The molecule has 3 heterocycles. The number of nitrogens with zero attached hydrogens (tertiary/aromatic N) is 2. The first kappa shape index (κ1) is 19.1. The van der Waals surface area contributed by atoms with Gasteiger partial charge in [0.15, 0.2) is 0 Å². The number of halogens is 2. The summed E-state index contributed by atoms with van der Waals surface area (Å²) in [6.07, 6.45) is 7.87. The quantitative estimate of drug-likeness (QED) is 0.659. The molecular formula is C18H24Cl2N2O2. The van der Waals surface area contributed by atoms with Crippen molar-refractivity contribution >= 4 is 34.9 Å². The van der Waals surface area contributed by atoms with E-state index in [2.05, 4.69) is 17.1 Å². The molecule has 2 bridgehead atoms. The molecule has 1 amide bonds. The highest BCUT2D eigenvalue weighted by molar-refractivity contribution is 6.40. The van der Waals surface area contributed by atoms with E-state index in [-0.39, 0.29) is 17.5 Å². The van der Waals surface area contributed by atoms with Gasteiger partial charge < -0.3 is 9.64 Å². The highest BCUT2D eigenvalue weighted by Gasteiger charge is 2.39. The Morgan fingerprint density at radius 2 is 2.08 bits per heavy atom. The molecular weight excluding hydrogens is 347 g/mol. The monoisotopic (exact) mass is 370 g/mol. The highest BCUT2D eigenvalue weighted by atomic mass is 35.5. The number of piperidine rings is 1. The topological polar surface area (TPSA) is 42.4 Å². The number of fused-ring (bicyclic) bond motifs is 2. The third kappa shape index (κ3) is 4.87. The first-order valence-electron chi connectivity index (χ1n) is 8.09. The number of aromatic nitrogens is 1. The third-order valence-electron chi connectivity index (χ3n) is 4.06. The van der Waals surface area contributed by atoms with Crippen molar-refractivity contribution in [3.8, 4) is 0 Å².